The van der Waals surface area contributed by atoms with Crippen molar-refractivity contribution in [1.29, 1.82) is 0 Å². The summed E-state index contributed by atoms with van der Waals surface area (Å²) in [5.41, 5.74) is 7.68. The zero-order valence-corrected chi connectivity index (χ0v) is 16.4. The quantitative estimate of drug-likeness (QED) is 0.394. The van der Waals surface area contributed by atoms with Crippen molar-refractivity contribution in [3.8, 4) is 22.4 Å². The first-order valence-electron chi connectivity index (χ1n) is 8.96. The summed E-state index contributed by atoms with van der Waals surface area (Å²) in [6, 6.07) is 22.6. The molecule has 1 heterocycles. The number of nitrogens with zero attached hydrogens (tertiary/aromatic N) is 1. The summed E-state index contributed by atoms with van der Waals surface area (Å²) in [4.78, 5) is 4.75. The van der Waals surface area contributed by atoms with Gasteiger partial charge in [0.25, 0.3) is 0 Å². The van der Waals surface area contributed by atoms with Crippen LogP contribution in [0, 0.1) is 6.07 Å². The summed E-state index contributed by atoms with van der Waals surface area (Å²) in [7, 11) is 0. The van der Waals surface area contributed by atoms with Crippen LogP contribution in [0.15, 0.2) is 60.8 Å². The third kappa shape index (κ3) is 2.99. The maximum atomic E-state index is 4.75. The van der Waals surface area contributed by atoms with Gasteiger partial charge in [-0.3, -0.25) is 0 Å². The normalized spacial score (nSPS) is 20.6. The third-order valence-electron chi connectivity index (χ3n) is 5.77. The van der Waals surface area contributed by atoms with Gasteiger partial charge < -0.3 is 4.98 Å². The fourth-order valence-electron chi connectivity index (χ4n) is 4.43. The topological polar surface area (TPSA) is 12.9 Å². The molecule has 2 bridgehead atoms. The van der Waals surface area contributed by atoms with E-state index in [9.17, 15) is 0 Å². The van der Waals surface area contributed by atoms with E-state index < -0.39 is 0 Å². The SMILES string of the molecule is [Ir].[c-]1cc(-c2ccccc2)ccc1-c1cc2c(cn1)C1CCC2CC1. The number of benzene rings is 2. The molecule has 1 fully saturated rings. The minimum atomic E-state index is 0. The van der Waals surface area contributed by atoms with Crippen LogP contribution in [0.25, 0.3) is 22.4 Å². The first-order valence-corrected chi connectivity index (χ1v) is 8.96. The van der Waals surface area contributed by atoms with Crippen LogP contribution in [0.3, 0.4) is 0 Å². The van der Waals surface area contributed by atoms with E-state index >= 15 is 0 Å². The van der Waals surface area contributed by atoms with Crippen LogP contribution in [-0.4, -0.2) is 4.98 Å². The Morgan fingerprint density at radius 1 is 0.800 bits per heavy atom. The van der Waals surface area contributed by atoms with Gasteiger partial charge in [0.1, 0.15) is 0 Å². The smallest absolute Gasteiger partial charge is 0.0198 e. The number of hydrogen-bond donors (Lipinski definition) is 0. The van der Waals surface area contributed by atoms with Crippen LogP contribution in [0.5, 0.6) is 0 Å². The maximum absolute atomic E-state index is 4.75. The Bertz CT molecular complexity index is 862. The van der Waals surface area contributed by atoms with E-state index in [1.54, 1.807) is 5.56 Å². The summed E-state index contributed by atoms with van der Waals surface area (Å²) in [5.74, 6) is 1.52. The monoisotopic (exact) mass is 503 g/mol. The van der Waals surface area contributed by atoms with E-state index in [2.05, 4.69) is 60.8 Å². The molecule has 25 heavy (non-hydrogen) atoms. The summed E-state index contributed by atoms with van der Waals surface area (Å²) in [6.45, 7) is 0. The maximum Gasteiger partial charge on any atom is 0.0198 e. The van der Waals surface area contributed by atoms with Crippen LogP contribution in [0.2, 0.25) is 0 Å². The van der Waals surface area contributed by atoms with Crippen LogP contribution < -0.4 is 0 Å². The van der Waals surface area contributed by atoms with Crippen LogP contribution in [0.1, 0.15) is 48.6 Å². The Labute approximate surface area is 162 Å². The van der Waals surface area contributed by atoms with E-state index in [1.165, 1.54) is 42.4 Å². The molecule has 0 aliphatic heterocycles. The second-order valence-electron chi connectivity index (χ2n) is 7.10. The molecule has 2 heteroatoms. The molecule has 2 aromatic carbocycles. The summed E-state index contributed by atoms with van der Waals surface area (Å²) in [5, 5.41) is 0. The Morgan fingerprint density at radius 2 is 1.52 bits per heavy atom. The predicted molar refractivity (Wildman–Crippen MR) is 97.9 cm³/mol. The zero-order valence-electron chi connectivity index (χ0n) is 14.0. The van der Waals surface area contributed by atoms with Gasteiger partial charge in [-0.1, -0.05) is 47.5 Å². The van der Waals surface area contributed by atoms with Crippen molar-refractivity contribution in [3.05, 3.63) is 78.0 Å². The van der Waals surface area contributed by atoms with E-state index in [4.69, 9.17) is 4.98 Å². The summed E-state index contributed by atoms with van der Waals surface area (Å²) in [6.07, 6.45) is 7.57. The van der Waals surface area contributed by atoms with Crippen molar-refractivity contribution in [1.82, 2.24) is 4.98 Å². The van der Waals surface area contributed by atoms with Gasteiger partial charge in [-0.05, 0) is 54.3 Å². The molecule has 0 N–H and O–H groups in total. The molecule has 0 amide bonds. The molecular weight excluding hydrogens is 482 g/mol. The molecule has 6 rings (SSSR count). The molecule has 1 nitrogen and oxygen atoms in total. The van der Waals surface area contributed by atoms with Gasteiger partial charge in [-0.2, -0.15) is 0 Å². The number of hydrogen-bond acceptors (Lipinski definition) is 1. The largest absolute Gasteiger partial charge is 0.304 e. The minimum Gasteiger partial charge on any atom is -0.304 e. The molecule has 3 aliphatic carbocycles. The molecule has 0 atom stereocenters. The molecule has 127 valence electrons. The molecule has 3 aliphatic rings. The molecule has 0 unspecified atom stereocenters. The van der Waals surface area contributed by atoms with Crippen molar-refractivity contribution in [3.63, 3.8) is 0 Å². The number of aromatic nitrogens is 1. The van der Waals surface area contributed by atoms with E-state index in [0.717, 1.165) is 23.1 Å². The molecule has 1 aromatic heterocycles. The molecular formula is C23H20IrN-. The standard InChI is InChI=1S/C23H20N.Ir/c1-2-4-16(5-3-1)17-6-12-20(13-7-17)23-14-21-18-8-10-19(11-9-18)22(21)15-24-23;/h1-7,12,14-15,18-19H,8-11H2;/q-1;. The Balaban J connectivity index is 0.00000157. The Morgan fingerprint density at radius 3 is 2.20 bits per heavy atom. The van der Waals surface area contributed by atoms with Gasteiger partial charge in [-0.15, -0.1) is 29.8 Å². The average molecular weight is 503 g/mol. The molecule has 0 saturated heterocycles. The number of pyridine rings is 1. The van der Waals surface area contributed by atoms with Crippen molar-refractivity contribution in [2.24, 2.45) is 0 Å². The van der Waals surface area contributed by atoms with Crippen molar-refractivity contribution in [2.75, 3.05) is 0 Å². The van der Waals surface area contributed by atoms with Crippen molar-refractivity contribution >= 4 is 0 Å². The van der Waals surface area contributed by atoms with Gasteiger partial charge in [-0.25, -0.2) is 0 Å². The molecule has 1 saturated carbocycles. The minimum absolute atomic E-state index is 0. The van der Waals surface area contributed by atoms with Gasteiger partial charge in [0.15, 0.2) is 0 Å². The number of rotatable bonds is 2. The van der Waals surface area contributed by atoms with E-state index in [1.807, 2.05) is 6.07 Å². The fraction of sp³-hybridized carbons (Fsp3) is 0.261. The van der Waals surface area contributed by atoms with Crippen LogP contribution in [0.4, 0.5) is 0 Å². The summed E-state index contributed by atoms with van der Waals surface area (Å²) >= 11 is 0. The second kappa shape index (κ2) is 6.86. The zero-order chi connectivity index (χ0) is 15.9. The first-order chi connectivity index (χ1) is 11.9. The Hall–Kier alpha value is -1.76. The first kappa shape index (κ1) is 16.7. The van der Waals surface area contributed by atoms with E-state index in [-0.39, 0.29) is 20.1 Å². The molecule has 1 radical (unpaired) electrons. The second-order valence-corrected chi connectivity index (χ2v) is 7.10. The predicted octanol–water partition coefficient (Wildman–Crippen LogP) is 5.97. The van der Waals surface area contributed by atoms with Gasteiger partial charge in [0.2, 0.25) is 0 Å². The Kier molecular flexibility index (Phi) is 4.58. The van der Waals surface area contributed by atoms with Gasteiger partial charge in [0, 0.05) is 26.3 Å². The molecule has 3 aromatic rings. The van der Waals surface area contributed by atoms with Gasteiger partial charge in [0.05, 0.1) is 0 Å². The average Bonchev–Trinajstić information content (AvgIpc) is 2.69. The summed E-state index contributed by atoms with van der Waals surface area (Å²) < 4.78 is 0. The van der Waals surface area contributed by atoms with Crippen LogP contribution >= 0.6 is 0 Å². The van der Waals surface area contributed by atoms with Crippen molar-refractivity contribution in [2.45, 2.75) is 37.5 Å². The van der Waals surface area contributed by atoms with Crippen LogP contribution in [-0.2, 0) is 20.1 Å². The number of fused-ring (bicyclic) bond motifs is 2. The third-order valence-corrected chi connectivity index (χ3v) is 5.77. The fourth-order valence-corrected chi connectivity index (χ4v) is 4.43. The molecule has 0 spiro atoms. The van der Waals surface area contributed by atoms with Gasteiger partial charge >= 0.3 is 0 Å². The van der Waals surface area contributed by atoms with Crippen molar-refractivity contribution < 1.29 is 20.1 Å². The van der Waals surface area contributed by atoms with E-state index in [0.29, 0.717) is 0 Å².